The third-order valence-electron chi connectivity index (χ3n) is 1.92. The molecule has 0 aromatic rings. The van der Waals surface area contributed by atoms with Crippen LogP contribution < -0.4 is 11.1 Å². The lowest BCUT2D eigenvalue weighted by Gasteiger charge is -2.14. The minimum atomic E-state index is 0.323. The van der Waals surface area contributed by atoms with Crippen LogP contribution in [0.1, 0.15) is 19.3 Å². The summed E-state index contributed by atoms with van der Waals surface area (Å²) in [5.74, 6) is 1.26. The normalized spacial score (nSPS) is 23.8. The van der Waals surface area contributed by atoms with Crippen LogP contribution >= 0.6 is 0 Å². The SMILES string of the molecule is O=C1CCC2=NNNN2CC1. The van der Waals surface area contributed by atoms with Crippen LogP contribution in [-0.4, -0.2) is 23.2 Å². The fraction of sp³-hybridized carbons (Fsp3) is 0.667. The number of hydrazone groups is 1. The molecular formula is C6H10N4O. The predicted octanol–water partition coefficient (Wildman–Crippen LogP) is -0.622. The van der Waals surface area contributed by atoms with E-state index in [0.29, 0.717) is 18.6 Å². The number of amidine groups is 1. The Morgan fingerprint density at radius 1 is 1.36 bits per heavy atom. The summed E-state index contributed by atoms with van der Waals surface area (Å²) < 4.78 is 0. The summed E-state index contributed by atoms with van der Waals surface area (Å²) >= 11 is 0. The smallest absolute Gasteiger partial charge is 0.142 e. The maximum atomic E-state index is 11.0. The van der Waals surface area contributed by atoms with E-state index in [1.165, 1.54) is 0 Å². The highest BCUT2D eigenvalue weighted by atomic mass is 16.1. The van der Waals surface area contributed by atoms with Crippen LogP contribution in [0.15, 0.2) is 5.10 Å². The third-order valence-corrected chi connectivity index (χ3v) is 1.92. The maximum Gasteiger partial charge on any atom is 0.142 e. The molecule has 0 bridgehead atoms. The van der Waals surface area contributed by atoms with Gasteiger partial charge in [0.15, 0.2) is 0 Å². The van der Waals surface area contributed by atoms with E-state index >= 15 is 0 Å². The van der Waals surface area contributed by atoms with Gasteiger partial charge in [0.2, 0.25) is 0 Å². The molecule has 0 amide bonds. The molecule has 1 fully saturated rings. The average molecular weight is 154 g/mol. The molecule has 0 radical (unpaired) electrons. The molecule has 2 heterocycles. The monoisotopic (exact) mass is 154 g/mol. The number of hydrogen-bond acceptors (Lipinski definition) is 5. The lowest BCUT2D eigenvalue weighted by atomic mass is 10.2. The minimum Gasteiger partial charge on any atom is -0.300 e. The van der Waals surface area contributed by atoms with Gasteiger partial charge in [0.1, 0.15) is 11.6 Å². The number of carbonyl (C=O) groups is 1. The average Bonchev–Trinajstić information content (AvgIpc) is 2.38. The zero-order valence-corrected chi connectivity index (χ0v) is 6.13. The van der Waals surface area contributed by atoms with Crippen molar-refractivity contribution in [2.75, 3.05) is 6.54 Å². The van der Waals surface area contributed by atoms with Gasteiger partial charge in [-0.05, 0) is 0 Å². The molecule has 11 heavy (non-hydrogen) atoms. The summed E-state index contributed by atoms with van der Waals surface area (Å²) in [6, 6.07) is 0. The van der Waals surface area contributed by atoms with Crippen LogP contribution in [0, 0.1) is 0 Å². The second-order valence-electron chi connectivity index (χ2n) is 2.69. The van der Waals surface area contributed by atoms with E-state index < -0.39 is 0 Å². The van der Waals surface area contributed by atoms with Crippen molar-refractivity contribution in [1.29, 1.82) is 0 Å². The Morgan fingerprint density at radius 3 is 3.18 bits per heavy atom. The van der Waals surface area contributed by atoms with Gasteiger partial charge in [-0.1, -0.05) is 0 Å². The molecule has 2 aliphatic heterocycles. The van der Waals surface area contributed by atoms with E-state index in [1.54, 1.807) is 0 Å². The van der Waals surface area contributed by atoms with Crippen molar-refractivity contribution in [3.05, 3.63) is 0 Å². The van der Waals surface area contributed by atoms with Crippen molar-refractivity contribution in [2.45, 2.75) is 19.3 Å². The topological polar surface area (TPSA) is 56.7 Å². The highest BCUT2D eigenvalue weighted by molar-refractivity contribution is 5.90. The summed E-state index contributed by atoms with van der Waals surface area (Å²) in [5, 5.41) is 5.86. The van der Waals surface area contributed by atoms with Gasteiger partial charge in [-0.3, -0.25) is 9.80 Å². The van der Waals surface area contributed by atoms with Crippen LogP contribution in [-0.2, 0) is 4.79 Å². The Labute approximate surface area is 64.4 Å². The number of nitrogens with one attached hydrogen (secondary N) is 2. The van der Waals surface area contributed by atoms with Gasteiger partial charge in [0.25, 0.3) is 0 Å². The molecule has 1 saturated heterocycles. The largest absolute Gasteiger partial charge is 0.300 e. The van der Waals surface area contributed by atoms with Gasteiger partial charge in [-0.2, -0.15) is 0 Å². The Kier molecular flexibility index (Phi) is 1.50. The zero-order valence-electron chi connectivity index (χ0n) is 6.13. The van der Waals surface area contributed by atoms with Crippen molar-refractivity contribution in [3.8, 4) is 0 Å². The first kappa shape index (κ1) is 6.60. The van der Waals surface area contributed by atoms with Crippen molar-refractivity contribution in [2.24, 2.45) is 5.10 Å². The van der Waals surface area contributed by atoms with Crippen molar-refractivity contribution >= 4 is 11.6 Å². The molecule has 0 aromatic heterocycles. The molecule has 5 nitrogen and oxygen atoms in total. The zero-order chi connectivity index (χ0) is 7.68. The van der Waals surface area contributed by atoms with Crippen LogP contribution in [0.4, 0.5) is 0 Å². The fourth-order valence-electron chi connectivity index (χ4n) is 1.26. The van der Waals surface area contributed by atoms with Gasteiger partial charge >= 0.3 is 0 Å². The molecule has 2 rings (SSSR count). The molecule has 0 spiro atoms. The van der Waals surface area contributed by atoms with E-state index in [2.05, 4.69) is 16.2 Å². The minimum absolute atomic E-state index is 0.323. The quantitative estimate of drug-likeness (QED) is 0.488. The molecule has 5 heteroatoms. The fourth-order valence-corrected chi connectivity index (χ4v) is 1.26. The van der Waals surface area contributed by atoms with Crippen molar-refractivity contribution < 1.29 is 4.79 Å². The summed E-state index contributed by atoms with van der Waals surface area (Å²) in [7, 11) is 0. The van der Waals surface area contributed by atoms with Crippen LogP contribution in [0.5, 0.6) is 0 Å². The Hall–Kier alpha value is -1.10. The second kappa shape index (κ2) is 2.50. The highest BCUT2D eigenvalue weighted by Crippen LogP contribution is 2.08. The first-order valence-electron chi connectivity index (χ1n) is 3.73. The number of fused-ring (bicyclic) bond motifs is 1. The van der Waals surface area contributed by atoms with Gasteiger partial charge in [0, 0.05) is 25.8 Å². The van der Waals surface area contributed by atoms with Gasteiger partial charge in [-0.15, -0.1) is 10.6 Å². The van der Waals surface area contributed by atoms with Crippen molar-refractivity contribution in [1.82, 2.24) is 16.1 Å². The molecule has 0 aromatic carbocycles. The summed E-state index contributed by atoms with van der Waals surface area (Å²) in [4.78, 5) is 11.0. The molecular weight excluding hydrogens is 144 g/mol. The summed E-state index contributed by atoms with van der Waals surface area (Å²) in [6.45, 7) is 0.727. The number of carbonyl (C=O) groups excluding carboxylic acids is 1. The molecule has 2 N–H and O–H groups in total. The van der Waals surface area contributed by atoms with E-state index in [4.69, 9.17) is 0 Å². The molecule has 60 valence electrons. The second-order valence-corrected chi connectivity index (χ2v) is 2.69. The number of nitrogens with zero attached hydrogens (tertiary/aromatic N) is 2. The summed E-state index contributed by atoms with van der Waals surface area (Å²) in [6.07, 6.45) is 1.99. The van der Waals surface area contributed by atoms with E-state index in [-0.39, 0.29) is 0 Å². The first-order valence-corrected chi connectivity index (χ1v) is 3.73. The lowest BCUT2D eigenvalue weighted by Crippen LogP contribution is -2.40. The van der Waals surface area contributed by atoms with E-state index in [0.717, 1.165) is 18.8 Å². The van der Waals surface area contributed by atoms with E-state index in [9.17, 15) is 4.79 Å². The molecule has 0 unspecified atom stereocenters. The lowest BCUT2D eigenvalue weighted by molar-refractivity contribution is -0.118. The number of Topliss-reactive ketones (excluding diaryl/α,β-unsaturated/α-hetero) is 1. The first-order chi connectivity index (χ1) is 5.36. The number of hydrogen-bond donors (Lipinski definition) is 2. The van der Waals surface area contributed by atoms with E-state index in [1.807, 2.05) is 5.01 Å². The van der Waals surface area contributed by atoms with Crippen LogP contribution in [0.25, 0.3) is 0 Å². The van der Waals surface area contributed by atoms with Crippen molar-refractivity contribution in [3.63, 3.8) is 0 Å². The standard InChI is InChI=1S/C6H10N4O/c11-5-1-2-6-7-8-9-10(6)4-3-5/h8-9H,1-4H2. The summed E-state index contributed by atoms with van der Waals surface area (Å²) in [5.41, 5.74) is 5.51. The Morgan fingerprint density at radius 2 is 2.27 bits per heavy atom. The molecule has 0 aliphatic carbocycles. The molecule has 2 aliphatic rings. The highest BCUT2D eigenvalue weighted by Gasteiger charge is 2.21. The van der Waals surface area contributed by atoms with Crippen LogP contribution in [0.3, 0.4) is 0 Å². The predicted molar refractivity (Wildman–Crippen MR) is 39.3 cm³/mol. The Bertz CT molecular complexity index is 213. The Balaban J connectivity index is 2.09. The number of hydrazine groups is 2. The molecule has 0 atom stereocenters. The number of rotatable bonds is 0. The maximum absolute atomic E-state index is 11.0. The third kappa shape index (κ3) is 1.19. The van der Waals surface area contributed by atoms with Gasteiger partial charge < -0.3 is 0 Å². The van der Waals surface area contributed by atoms with Crippen LogP contribution in [0.2, 0.25) is 0 Å². The van der Waals surface area contributed by atoms with Gasteiger partial charge in [-0.25, -0.2) is 5.53 Å². The van der Waals surface area contributed by atoms with Gasteiger partial charge in [0.05, 0.1) is 0 Å². The number of ketones is 1. The molecule has 0 saturated carbocycles.